The van der Waals surface area contributed by atoms with Crippen molar-refractivity contribution in [1.29, 1.82) is 0 Å². The van der Waals surface area contributed by atoms with Gasteiger partial charge in [-0.25, -0.2) is 14.8 Å². The molecule has 2 saturated heterocycles. The topological polar surface area (TPSA) is 111 Å². The lowest BCUT2D eigenvalue weighted by atomic mass is 10.0. The zero-order valence-corrected chi connectivity index (χ0v) is 25.8. The number of carbonyl (C=O) groups is 2. The summed E-state index contributed by atoms with van der Waals surface area (Å²) in [5, 5.41) is 12.5. The normalized spacial score (nSPS) is 19.0. The minimum Gasteiger partial charge on any atom is -0.477 e. The first-order valence-electron chi connectivity index (χ1n) is 14.7. The number of amides is 3. The molecule has 14 heteroatoms. The van der Waals surface area contributed by atoms with Crippen molar-refractivity contribution in [3.63, 3.8) is 0 Å². The summed E-state index contributed by atoms with van der Waals surface area (Å²) in [7, 11) is 0. The van der Waals surface area contributed by atoms with E-state index in [4.69, 9.17) is 21.3 Å². The Bertz CT molecular complexity index is 1570. The molecule has 3 amide bonds. The van der Waals surface area contributed by atoms with E-state index in [2.05, 4.69) is 10.3 Å². The lowest BCUT2D eigenvalue weighted by Gasteiger charge is -2.44. The maximum atomic E-state index is 13.9. The summed E-state index contributed by atoms with van der Waals surface area (Å²) in [4.78, 5) is 40.8. The molecule has 4 heterocycles. The van der Waals surface area contributed by atoms with Crippen LogP contribution >= 0.6 is 11.6 Å². The molecule has 10 nitrogen and oxygen atoms in total. The van der Waals surface area contributed by atoms with Crippen molar-refractivity contribution in [2.24, 2.45) is 0 Å². The van der Waals surface area contributed by atoms with Crippen LogP contribution in [0.4, 0.5) is 29.3 Å². The van der Waals surface area contributed by atoms with Gasteiger partial charge in [0.15, 0.2) is 5.69 Å². The molecule has 0 unspecified atom stereocenters. The van der Waals surface area contributed by atoms with Gasteiger partial charge < -0.3 is 25.0 Å². The van der Waals surface area contributed by atoms with E-state index < -0.39 is 35.8 Å². The molecule has 240 valence electrons. The summed E-state index contributed by atoms with van der Waals surface area (Å²) >= 11 is 5.88. The van der Waals surface area contributed by atoms with Crippen LogP contribution in [0.5, 0.6) is 5.88 Å². The number of nitrogens with zero attached hydrogens (tertiary/aromatic N) is 5. The zero-order valence-electron chi connectivity index (χ0n) is 25.0. The number of hydrogen-bond acceptors (Lipinski definition) is 7. The molecule has 5 rings (SSSR count). The van der Waals surface area contributed by atoms with E-state index in [1.165, 1.54) is 12.1 Å². The maximum Gasteiger partial charge on any atom is 0.418 e. The van der Waals surface area contributed by atoms with Gasteiger partial charge in [-0.05, 0) is 62.7 Å². The van der Waals surface area contributed by atoms with Gasteiger partial charge in [-0.15, -0.1) is 0 Å². The Hall–Kier alpha value is -4.10. The van der Waals surface area contributed by atoms with Gasteiger partial charge in [-0.1, -0.05) is 18.5 Å². The summed E-state index contributed by atoms with van der Waals surface area (Å²) in [6, 6.07) is 9.20. The molecule has 0 saturated carbocycles. The molecular weight excluding hydrogens is 613 g/mol. The molecule has 3 atom stereocenters. The largest absolute Gasteiger partial charge is 0.477 e. The Morgan fingerprint density at radius 2 is 1.89 bits per heavy atom. The number of pyridine rings is 2. The highest BCUT2D eigenvalue weighted by Crippen LogP contribution is 2.41. The van der Waals surface area contributed by atoms with Crippen molar-refractivity contribution in [2.75, 3.05) is 42.6 Å². The Kier molecular flexibility index (Phi) is 9.40. The van der Waals surface area contributed by atoms with E-state index in [0.717, 1.165) is 11.0 Å². The minimum absolute atomic E-state index is 0.000963. The average molecular weight is 647 g/mol. The summed E-state index contributed by atoms with van der Waals surface area (Å²) in [5.41, 5.74) is 0.414. The van der Waals surface area contributed by atoms with E-state index in [0.29, 0.717) is 35.9 Å². The van der Waals surface area contributed by atoms with E-state index >= 15 is 0 Å². The number of urea groups is 1. The second kappa shape index (κ2) is 13.1. The van der Waals surface area contributed by atoms with Crippen LogP contribution in [0.2, 0.25) is 5.02 Å². The number of carbonyl (C=O) groups excluding carboxylic acids is 2. The Morgan fingerprint density at radius 1 is 1.13 bits per heavy atom. The highest BCUT2D eigenvalue weighted by molar-refractivity contribution is 6.30. The number of halogens is 4. The first kappa shape index (κ1) is 32.3. The summed E-state index contributed by atoms with van der Waals surface area (Å²) in [6.07, 6.45) is -3.32. The summed E-state index contributed by atoms with van der Waals surface area (Å²) in [5.74, 6) is -0.146. The predicted molar refractivity (Wildman–Crippen MR) is 164 cm³/mol. The molecule has 0 radical (unpaired) electrons. The standard InChI is InChI=1S/C31H34ClF3N6O4/c1-4-20-15-40-21(17-41(30(40)44)25-10-8-19(32)13-23(25)31(33,34)35)16-39(20)26-11-9-24(22-7-6-12-36-29(22)45-5-2)38-27(26)28(43)37-14-18(3)42/h6-13,18,20-21,42H,4-5,14-17H2,1-3H3,(H,37,43)/t18-,20-,21+/m1/s1. The summed E-state index contributed by atoms with van der Waals surface area (Å²) in [6.45, 7) is 6.21. The third-order valence-electron chi connectivity index (χ3n) is 7.88. The fraction of sp³-hybridized carbons (Fsp3) is 0.419. The second-order valence-corrected chi connectivity index (χ2v) is 11.4. The van der Waals surface area contributed by atoms with Crippen LogP contribution in [0.3, 0.4) is 0 Å². The van der Waals surface area contributed by atoms with Crippen molar-refractivity contribution in [2.45, 2.75) is 51.6 Å². The number of piperazine rings is 1. The predicted octanol–water partition coefficient (Wildman–Crippen LogP) is 5.23. The van der Waals surface area contributed by atoms with Gasteiger partial charge in [0.05, 0.1) is 46.9 Å². The van der Waals surface area contributed by atoms with E-state index in [1.807, 2.05) is 18.7 Å². The molecule has 0 bridgehead atoms. The zero-order chi connectivity index (χ0) is 32.5. The third kappa shape index (κ3) is 6.64. The van der Waals surface area contributed by atoms with E-state index in [1.54, 1.807) is 42.3 Å². The monoisotopic (exact) mass is 646 g/mol. The number of aliphatic hydroxyl groups is 1. The fourth-order valence-electron chi connectivity index (χ4n) is 5.76. The second-order valence-electron chi connectivity index (χ2n) is 11.0. The number of aromatic nitrogens is 2. The Balaban J connectivity index is 1.52. The molecule has 2 aliphatic heterocycles. The van der Waals surface area contributed by atoms with Crippen molar-refractivity contribution < 1.29 is 32.6 Å². The highest BCUT2D eigenvalue weighted by atomic mass is 35.5. The molecule has 2 fully saturated rings. The number of nitrogens with one attached hydrogen (secondary N) is 1. The van der Waals surface area contributed by atoms with Gasteiger partial charge in [0.2, 0.25) is 5.88 Å². The number of aliphatic hydroxyl groups excluding tert-OH is 1. The number of ether oxygens (including phenoxy) is 1. The van der Waals surface area contributed by atoms with Crippen LogP contribution in [-0.2, 0) is 6.18 Å². The molecular formula is C31H34ClF3N6O4. The quantitative estimate of drug-likeness (QED) is 0.327. The number of rotatable bonds is 9. The molecule has 2 aliphatic rings. The molecule has 0 spiro atoms. The first-order chi connectivity index (χ1) is 21.4. The fourth-order valence-corrected chi connectivity index (χ4v) is 5.93. The van der Waals surface area contributed by atoms with Crippen LogP contribution < -0.4 is 19.9 Å². The van der Waals surface area contributed by atoms with Crippen LogP contribution in [0, 0.1) is 0 Å². The van der Waals surface area contributed by atoms with Gasteiger partial charge in [0.1, 0.15) is 0 Å². The van der Waals surface area contributed by atoms with Crippen LogP contribution in [0.15, 0.2) is 48.7 Å². The first-order valence-corrected chi connectivity index (χ1v) is 15.1. The molecule has 0 aliphatic carbocycles. The van der Waals surface area contributed by atoms with Gasteiger partial charge in [-0.2, -0.15) is 13.2 Å². The van der Waals surface area contributed by atoms with Crippen LogP contribution in [0.25, 0.3) is 11.3 Å². The van der Waals surface area contributed by atoms with Crippen molar-refractivity contribution in [3.05, 3.63) is 64.9 Å². The molecule has 2 N–H and O–H groups in total. The lowest BCUT2D eigenvalue weighted by Crippen LogP contribution is -2.58. The number of alkyl halides is 3. The number of anilines is 2. The Labute approximate surface area is 263 Å². The average Bonchev–Trinajstić information content (AvgIpc) is 3.33. The Morgan fingerprint density at radius 3 is 2.58 bits per heavy atom. The maximum absolute atomic E-state index is 13.9. The highest BCUT2D eigenvalue weighted by Gasteiger charge is 2.47. The van der Waals surface area contributed by atoms with Crippen molar-refractivity contribution >= 4 is 34.9 Å². The van der Waals surface area contributed by atoms with E-state index in [-0.39, 0.29) is 48.6 Å². The van der Waals surface area contributed by atoms with Crippen LogP contribution in [-0.4, -0.2) is 82.9 Å². The molecule has 2 aromatic heterocycles. The van der Waals surface area contributed by atoms with E-state index in [9.17, 15) is 27.9 Å². The lowest BCUT2D eigenvalue weighted by molar-refractivity contribution is -0.137. The van der Waals surface area contributed by atoms with Gasteiger partial charge in [0.25, 0.3) is 5.91 Å². The van der Waals surface area contributed by atoms with Gasteiger partial charge in [0, 0.05) is 43.4 Å². The SMILES string of the molecule is CCOc1ncccc1-c1ccc(N2C[C@H]3CN(c4ccc(Cl)cc4C(F)(F)F)C(=O)N3C[C@H]2CC)c(C(=O)NC[C@@H](C)O)n1. The minimum atomic E-state index is -4.71. The molecule has 45 heavy (non-hydrogen) atoms. The summed E-state index contributed by atoms with van der Waals surface area (Å²) < 4.78 is 47.5. The molecule has 1 aromatic carbocycles. The van der Waals surface area contributed by atoms with Crippen LogP contribution in [0.1, 0.15) is 43.2 Å². The van der Waals surface area contributed by atoms with Crippen molar-refractivity contribution in [1.82, 2.24) is 20.2 Å². The smallest absolute Gasteiger partial charge is 0.418 e. The number of benzene rings is 1. The number of fused-ring (bicyclic) bond motifs is 1. The third-order valence-corrected chi connectivity index (χ3v) is 8.11. The van der Waals surface area contributed by atoms with Crippen molar-refractivity contribution in [3.8, 4) is 17.1 Å². The van der Waals surface area contributed by atoms with Gasteiger partial charge >= 0.3 is 12.2 Å². The number of hydrogen-bond donors (Lipinski definition) is 2. The molecule has 3 aromatic rings. The van der Waals surface area contributed by atoms with Gasteiger partial charge in [-0.3, -0.25) is 9.69 Å².